The predicted molar refractivity (Wildman–Crippen MR) is 78.4 cm³/mol. The van der Waals surface area contributed by atoms with Gasteiger partial charge >= 0.3 is 0 Å². The van der Waals surface area contributed by atoms with Gasteiger partial charge in [0.25, 0.3) is 0 Å². The van der Waals surface area contributed by atoms with E-state index in [0.29, 0.717) is 11.8 Å². The molecule has 0 aromatic heterocycles. The van der Waals surface area contributed by atoms with Crippen LogP contribution < -0.4 is 0 Å². The van der Waals surface area contributed by atoms with E-state index < -0.39 is 0 Å². The van der Waals surface area contributed by atoms with E-state index in [1.54, 1.807) is 7.11 Å². The monoisotopic (exact) mass is 338 g/mol. The summed E-state index contributed by atoms with van der Waals surface area (Å²) in [5, 5.41) is 0. The molecule has 0 radical (unpaired) electrons. The maximum absolute atomic E-state index is 6.14. The molecule has 0 aliphatic rings. The molecule has 0 fully saturated rings. The molecule has 0 atom stereocenters. The van der Waals surface area contributed by atoms with Crippen molar-refractivity contribution in [2.45, 2.75) is 18.3 Å². The number of ether oxygens (including phenoxy) is 1. The standard InChI is InChI=1S/C13H17BrCl2O/c1-17-8-2-7-13(9-15,10-16)11-3-5-12(14)6-4-11/h3-6H,2,7-10H2,1H3. The van der Waals surface area contributed by atoms with Crippen LogP contribution in [-0.2, 0) is 10.2 Å². The SMILES string of the molecule is COCCCC(CCl)(CCl)c1ccc(Br)cc1. The summed E-state index contributed by atoms with van der Waals surface area (Å²) >= 11 is 15.7. The van der Waals surface area contributed by atoms with Crippen LogP contribution >= 0.6 is 39.1 Å². The van der Waals surface area contributed by atoms with Crippen LogP contribution in [0.4, 0.5) is 0 Å². The summed E-state index contributed by atoms with van der Waals surface area (Å²) in [6, 6.07) is 8.22. The molecule has 17 heavy (non-hydrogen) atoms. The second-order valence-corrected chi connectivity index (χ2v) is 5.60. The van der Waals surface area contributed by atoms with Crippen LogP contribution in [0.1, 0.15) is 18.4 Å². The Labute approximate surface area is 122 Å². The third-order valence-electron chi connectivity index (χ3n) is 2.97. The van der Waals surface area contributed by atoms with Crippen molar-refractivity contribution in [3.8, 4) is 0 Å². The van der Waals surface area contributed by atoms with Crippen molar-refractivity contribution in [2.75, 3.05) is 25.5 Å². The lowest BCUT2D eigenvalue weighted by Gasteiger charge is -2.30. The number of hydrogen-bond acceptors (Lipinski definition) is 1. The summed E-state index contributed by atoms with van der Waals surface area (Å²) < 4.78 is 6.15. The average Bonchev–Trinajstić information content (AvgIpc) is 2.37. The molecule has 0 N–H and O–H groups in total. The second kappa shape index (κ2) is 7.63. The summed E-state index contributed by atoms with van der Waals surface area (Å²) in [6.07, 6.45) is 1.90. The highest BCUT2D eigenvalue weighted by Gasteiger charge is 2.30. The number of benzene rings is 1. The molecular weight excluding hydrogens is 323 g/mol. The zero-order chi connectivity index (χ0) is 12.7. The zero-order valence-corrected chi connectivity index (χ0v) is 13.0. The molecule has 1 nitrogen and oxygen atoms in total. The van der Waals surface area contributed by atoms with Crippen molar-refractivity contribution in [3.05, 3.63) is 34.3 Å². The minimum absolute atomic E-state index is 0.150. The second-order valence-electron chi connectivity index (χ2n) is 4.15. The van der Waals surface area contributed by atoms with Gasteiger partial charge in [-0.05, 0) is 30.5 Å². The first-order valence-corrected chi connectivity index (χ1v) is 7.41. The van der Waals surface area contributed by atoms with Gasteiger partial charge in [-0.3, -0.25) is 0 Å². The smallest absolute Gasteiger partial charge is 0.0462 e. The molecule has 1 aromatic rings. The summed E-state index contributed by atoms with van der Waals surface area (Å²) in [5.41, 5.74) is 1.05. The third-order valence-corrected chi connectivity index (χ3v) is 4.52. The van der Waals surface area contributed by atoms with Crippen LogP contribution in [0.5, 0.6) is 0 Å². The molecule has 0 spiro atoms. The highest BCUT2D eigenvalue weighted by Crippen LogP contribution is 2.33. The number of methoxy groups -OCH3 is 1. The number of rotatable bonds is 7. The summed E-state index contributed by atoms with van der Waals surface area (Å²) in [6.45, 7) is 0.742. The summed E-state index contributed by atoms with van der Waals surface area (Å²) in [5.74, 6) is 1.06. The molecule has 0 aliphatic carbocycles. The molecule has 0 unspecified atom stereocenters. The molecule has 0 saturated carbocycles. The molecule has 0 heterocycles. The van der Waals surface area contributed by atoms with Crippen LogP contribution in [-0.4, -0.2) is 25.5 Å². The Morgan fingerprint density at radius 3 is 2.24 bits per heavy atom. The van der Waals surface area contributed by atoms with Gasteiger partial charge in [-0.1, -0.05) is 28.1 Å². The number of halogens is 3. The van der Waals surface area contributed by atoms with Gasteiger partial charge in [0.1, 0.15) is 0 Å². The molecule has 0 aliphatic heterocycles. The fourth-order valence-electron chi connectivity index (χ4n) is 1.83. The lowest BCUT2D eigenvalue weighted by molar-refractivity contribution is 0.186. The van der Waals surface area contributed by atoms with E-state index in [0.717, 1.165) is 23.9 Å². The number of alkyl halides is 2. The van der Waals surface area contributed by atoms with Gasteiger partial charge in [0.15, 0.2) is 0 Å². The first-order valence-electron chi connectivity index (χ1n) is 5.55. The fraction of sp³-hybridized carbons (Fsp3) is 0.538. The normalized spacial score (nSPS) is 11.8. The van der Waals surface area contributed by atoms with Crippen molar-refractivity contribution >= 4 is 39.1 Å². The zero-order valence-electron chi connectivity index (χ0n) is 9.89. The minimum atomic E-state index is -0.150. The van der Waals surface area contributed by atoms with Gasteiger partial charge in [0.05, 0.1) is 0 Å². The maximum atomic E-state index is 6.14. The Morgan fingerprint density at radius 2 is 1.76 bits per heavy atom. The Morgan fingerprint density at radius 1 is 1.18 bits per heavy atom. The molecule has 1 aromatic carbocycles. The minimum Gasteiger partial charge on any atom is -0.385 e. The highest BCUT2D eigenvalue weighted by atomic mass is 79.9. The first kappa shape index (κ1) is 15.3. The van der Waals surface area contributed by atoms with Gasteiger partial charge < -0.3 is 4.74 Å². The molecule has 4 heteroatoms. The van der Waals surface area contributed by atoms with E-state index in [1.165, 1.54) is 5.56 Å². The van der Waals surface area contributed by atoms with Gasteiger partial charge in [-0.25, -0.2) is 0 Å². The Hall–Kier alpha value is 0.240. The van der Waals surface area contributed by atoms with E-state index in [4.69, 9.17) is 27.9 Å². The molecule has 1 rings (SSSR count). The first-order chi connectivity index (χ1) is 8.18. The Bertz CT molecular complexity index is 323. The van der Waals surface area contributed by atoms with Crippen LogP contribution in [0.2, 0.25) is 0 Å². The molecule has 0 bridgehead atoms. The van der Waals surface area contributed by atoms with Gasteiger partial charge in [0, 0.05) is 35.4 Å². The van der Waals surface area contributed by atoms with Crippen LogP contribution in [0.15, 0.2) is 28.7 Å². The van der Waals surface area contributed by atoms with E-state index in [9.17, 15) is 0 Å². The highest BCUT2D eigenvalue weighted by molar-refractivity contribution is 9.10. The van der Waals surface area contributed by atoms with Crippen molar-refractivity contribution in [1.82, 2.24) is 0 Å². The van der Waals surface area contributed by atoms with Crippen molar-refractivity contribution < 1.29 is 4.74 Å². The van der Waals surface area contributed by atoms with Crippen molar-refractivity contribution in [3.63, 3.8) is 0 Å². The van der Waals surface area contributed by atoms with Gasteiger partial charge in [-0.15, -0.1) is 23.2 Å². The number of hydrogen-bond donors (Lipinski definition) is 0. The van der Waals surface area contributed by atoms with Gasteiger partial charge in [0.2, 0.25) is 0 Å². The summed E-state index contributed by atoms with van der Waals surface area (Å²) in [7, 11) is 1.71. The molecule has 0 saturated heterocycles. The topological polar surface area (TPSA) is 9.23 Å². The van der Waals surface area contributed by atoms with E-state index in [2.05, 4.69) is 28.1 Å². The Kier molecular flexibility index (Phi) is 6.86. The maximum Gasteiger partial charge on any atom is 0.0462 e. The largest absolute Gasteiger partial charge is 0.385 e. The van der Waals surface area contributed by atoms with Crippen LogP contribution in [0, 0.1) is 0 Å². The van der Waals surface area contributed by atoms with Gasteiger partial charge in [-0.2, -0.15) is 0 Å². The lowest BCUT2D eigenvalue weighted by Crippen LogP contribution is -2.31. The average molecular weight is 340 g/mol. The van der Waals surface area contributed by atoms with Crippen LogP contribution in [0.25, 0.3) is 0 Å². The predicted octanol–water partition coefficient (Wildman–Crippen LogP) is 4.59. The quantitative estimate of drug-likeness (QED) is 0.521. The third kappa shape index (κ3) is 4.13. The van der Waals surface area contributed by atoms with E-state index >= 15 is 0 Å². The van der Waals surface area contributed by atoms with Crippen LogP contribution in [0.3, 0.4) is 0 Å². The van der Waals surface area contributed by atoms with E-state index in [1.807, 2.05) is 12.1 Å². The molecule has 0 amide bonds. The fourth-order valence-corrected chi connectivity index (χ4v) is 2.95. The summed E-state index contributed by atoms with van der Waals surface area (Å²) in [4.78, 5) is 0. The van der Waals surface area contributed by atoms with Crippen molar-refractivity contribution in [2.24, 2.45) is 0 Å². The molecule has 96 valence electrons. The van der Waals surface area contributed by atoms with Crippen molar-refractivity contribution in [1.29, 1.82) is 0 Å². The molecular formula is C13H17BrCl2O. The Balaban J connectivity index is 2.85. The lowest BCUT2D eigenvalue weighted by atomic mass is 9.80. The van der Waals surface area contributed by atoms with E-state index in [-0.39, 0.29) is 5.41 Å².